The van der Waals surface area contributed by atoms with Crippen LogP contribution in [0.25, 0.3) is 10.4 Å². The molecule has 1 aliphatic heterocycles. The molecule has 0 amide bonds. The van der Waals surface area contributed by atoms with E-state index in [1.165, 1.54) is 4.88 Å². The maximum atomic E-state index is 5.89. The summed E-state index contributed by atoms with van der Waals surface area (Å²) in [6, 6.07) is 5.70. The monoisotopic (exact) mass is 223 g/mol. The second-order valence-corrected chi connectivity index (χ2v) is 4.35. The van der Waals surface area contributed by atoms with Crippen molar-refractivity contribution in [3.8, 4) is 16.2 Å². The van der Waals surface area contributed by atoms with Gasteiger partial charge in [0.05, 0.1) is 16.1 Å². The van der Waals surface area contributed by atoms with Gasteiger partial charge in [-0.15, -0.1) is 11.3 Å². The third-order valence-electron chi connectivity index (χ3n) is 2.19. The van der Waals surface area contributed by atoms with E-state index < -0.39 is 0 Å². The minimum atomic E-state index is 0.548. The summed E-state index contributed by atoms with van der Waals surface area (Å²) in [5.74, 6) is 0.856. The van der Waals surface area contributed by atoms with Crippen LogP contribution < -0.4 is 4.74 Å². The number of fused-ring (bicyclic) bond motifs is 3. The van der Waals surface area contributed by atoms with Crippen LogP contribution in [0.15, 0.2) is 23.7 Å². The number of ether oxygens (including phenoxy) is 1. The second-order valence-electron chi connectivity index (χ2n) is 3.06. The molecular weight excluding hydrogens is 218 g/mol. The van der Waals surface area contributed by atoms with Crippen molar-refractivity contribution in [1.82, 2.24) is 4.98 Å². The smallest absolute Gasteiger partial charge is 0.132 e. The molecular formula is C10H6ClNOS. The quantitative estimate of drug-likeness (QED) is 0.683. The first kappa shape index (κ1) is 8.26. The Morgan fingerprint density at radius 2 is 2.36 bits per heavy atom. The Balaban J connectivity index is 2.26. The molecule has 0 N–H and O–H groups in total. The molecule has 0 bridgehead atoms. The molecule has 3 rings (SSSR count). The lowest BCUT2D eigenvalue weighted by molar-refractivity contribution is 0.298. The maximum Gasteiger partial charge on any atom is 0.132 e. The van der Waals surface area contributed by atoms with E-state index in [1.807, 2.05) is 23.7 Å². The van der Waals surface area contributed by atoms with Gasteiger partial charge in [-0.1, -0.05) is 11.6 Å². The fraction of sp³-hybridized carbons (Fsp3) is 0.100. The van der Waals surface area contributed by atoms with Crippen LogP contribution in [0.2, 0.25) is 5.02 Å². The fourth-order valence-electron chi connectivity index (χ4n) is 1.54. The van der Waals surface area contributed by atoms with Crippen LogP contribution in [0.1, 0.15) is 5.69 Å². The number of thiazole rings is 1. The Bertz CT molecular complexity index is 495. The molecule has 14 heavy (non-hydrogen) atoms. The summed E-state index contributed by atoms with van der Waals surface area (Å²) < 4.78 is 5.55. The van der Waals surface area contributed by atoms with Crippen molar-refractivity contribution < 1.29 is 4.74 Å². The molecule has 0 aliphatic carbocycles. The Kier molecular flexibility index (Phi) is 1.75. The van der Waals surface area contributed by atoms with Gasteiger partial charge in [0, 0.05) is 10.6 Å². The summed E-state index contributed by atoms with van der Waals surface area (Å²) in [6.07, 6.45) is 0. The van der Waals surface area contributed by atoms with E-state index in [4.69, 9.17) is 16.3 Å². The minimum Gasteiger partial charge on any atom is -0.487 e. The van der Waals surface area contributed by atoms with Crippen molar-refractivity contribution in [2.75, 3.05) is 0 Å². The molecule has 1 aromatic heterocycles. The zero-order chi connectivity index (χ0) is 9.54. The third-order valence-corrected chi connectivity index (χ3v) is 3.33. The number of rotatable bonds is 0. The van der Waals surface area contributed by atoms with Crippen LogP contribution in [-0.4, -0.2) is 4.98 Å². The van der Waals surface area contributed by atoms with Crippen LogP contribution in [0, 0.1) is 0 Å². The number of aromatic nitrogens is 1. The molecule has 2 heterocycles. The number of hydrogen-bond donors (Lipinski definition) is 0. The van der Waals surface area contributed by atoms with Crippen LogP contribution >= 0.6 is 22.9 Å². The number of hydrogen-bond acceptors (Lipinski definition) is 3. The Hall–Kier alpha value is -1.06. The van der Waals surface area contributed by atoms with E-state index in [0.717, 1.165) is 17.0 Å². The normalized spacial score (nSPS) is 12.9. The van der Waals surface area contributed by atoms with Gasteiger partial charge in [-0.3, -0.25) is 0 Å². The van der Waals surface area contributed by atoms with E-state index in [1.54, 1.807) is 11.3 Å². The van der Waals surface area contributed by atoms with Crippen molar-refractivity contribution >= 4 is 22.9 Å². The molecule has 0 fully saturated rings. The molecule has 4 heteroatoms. The maximum absolute atomic E-state index is 5.89. The highest BCUT2D eigenvalue weighted by molar-refractivity contribution is 7.13. The van der Waals surface area contributed by atoms with Crippen LogP contribution in [-0.2, 0) is 6.61 Å². The number of halogens is 1. The predicted molar refractivity (Wildman–Crippen MR) is 56.9 cm³/mol. The molecule has 0 unspecified atom stereocenters. The Morgan fingerprint density at radius 3 is 3.29 bits per heavy atom. The molecule has 0 spiro atoms. The average Bonchev–Trinajstić information content (AvgIpc) is 2.65. The highest BCUT2D eigenvalue weighted by atomic mass is 35.5. The van der Waals surface area contributed by atoms with Crippen LogP contribution in [0.4, 0.5) is 0 Å². The van der Waals surface area contributed by atoms with Gasteiger partial charge in [0.1, 0.15) is 12.4 Å². The van der Waals surface area contributed by atoms with Gasteiger partial charge in [0.25, 0.3) is 0 Å². The van der Waals surface area contributed by atoms with E-state index >= 15 is 0 Å². The Labute approximate surface area is 90.1 Å². The second kappa shape index (κ2) is 2.97. The van der Waals surface area contributed by atoms with Crippen molar-refractivity contribution in [3.63, 3.8) is 0 Å². The van der Waals surface area contributed by atoms with Gasteiger partial charge in [0.2, 0.25) is 0 Å². The summed E-state index contributed by atoms with van der Waals surface area (Å²) in [6.45, 7) is 0.548. The lowest BCUT2D eigenvalue weighted by Crippen LogP contribution is -2.03. The van der Waals surface area contributed by atoms with E-state index in [9.17, 15) is 0 Å². The third kappa shape index (κ3) is 1.13. The van der Waals surface area contributed by atoms with E-state index in [-0.39, 0.29) is 0 Å². The van der Waals surface area contributed by atoms with E-state index in [2.05, 4.69) is 4.98 Å². The number of nitrogens with zero attached hydrogens (tertiary/aromatic N) is 1. The van der Waals surface area contributed by atoms with Crippen LogP contribution in [0.3, 0.4) is 0 Å². The van der Waals surface area contributed by atoms with Crippen molar-refractivity contribution in [2.45, 2.75) is 6.61 Å². The summed E-state index contributed by atoms with van der Waals surface area (Å²) in [4.78, 5) is 5.44. The Morgan fingerprint density at radius 1 is 1.43 bits per heavy atom. The van der Waals surface area contributed by atoms with Gasteiger partial charge in [0.15, 0.2) is 0 Å². The summed E-state index contributed by atoms with van der Waals surface area (Å²) >= 11 is 7.53. The summed E-state index contributed by atoms with van der Waals surface area (Å²) in [5.41, 5.74) is 3.96. The lowest BCUT2D eigenvalue weighted by atomic mass is 10.1. The molecule has 1 aliphatic rings. The zero-order valence-electron chi connectivity index (χ0n) is 7.16. The van der Waals surface area contributed by atoms with E-state index in [0.29, 0.717) is 11.6 Å². The summed E-state index contributed by atoms with van der Waals surface area (Å²) in [7, 11) is 0. The predicted octanol–water partition coefficient (Wildman–Crippen LogP) is 3.36. The largest absolute Gasteiger partial charge is 0.487 e. The molecule has 0 radical (unpaired) electrons. The molecule has 0 atom stereocenters. The molecule has 2 nitrogen and oxygen atoms in total. The van der Waals surface area contributed by atoms with Gasteiger partial charge in [-0.25, -0.2) is 4.98 Å². The van der Waals surface area contributed by atoms with Crippen molar-refractivity contribution in [2.24, 2.45) is 0 Å². The highest BCUT2D eigenvalue weighted by Crippen LogP contribution is 2.40. The average molecular weight is 224 g/mol. The first-order valence-electron chi connectivity index (χ1n) is 4.20. The highest BCUT2D eigenvalue weighted by Gasteiger charge is 2.19. The van der Waals surface area contributed by atoms with Gasteiger partial charge in [-0.05, 0) is 18.2 Å². The first-order chi connectivity index (χ1) is 6.84. The van der Waals surface area contributed by atoms with Crippen molar-refractivity contribution in [3.05, 3.63) is 34.4 Å². The van der Waals surface area contributed by atoms with Crippen LogP contribution in [0.5, 0.6) is 5.75 Å². The molecule has 2 aromatic rings. The molecule has 0 saturated heterocycles. The topological polar surface area (TPSA) is 22.1 Å². The SMILES string of the molecule is Clc1ccc2c(c1)OCc1ncsc1-2. The molecule has 0 saturated carbocycles. The van der Waals surface area contributed by atoms with Gasteiger partial charge < -0.3 is 4.74 Å². The number of benzene rings is 1. The first-order valence-corrected chi connectivity index (χ1v) is 5.45. The standard InChI is InChI=1S/C10H6ClNOS/c11-6-1-2-7-9(3-6)13-4-8-10(7)14-5-12-8/h1-3,5H,4H2. The molecule has 1 aromatic carbocycles. The van der Waals surface area contributed by atoms with Gasteiger partial charge >= 0.3 is 0 Å². The minimum absolute atomic E-state index is 0.548. The summed E-state index contributed by atoms with van der Waals surface area (Å²) in [5, 5.41) is 0.705. The zero-order valence-corrected chi connectivity index (χ0v) is 8.73. The fourth-order valence-corrected chi connectivity index (χ4v) is 2.53. The van der Waals surface area contributed by atoms with Crippen molar-refractivity contribution in [1.29, 1.82) is 0 Å². The van der Waals surface area contributed by atoms with Gasteiger partial charge in [-0.2, -0.15) is 0 Å². The molecule has 70 valence electrons. The lowest BCUT2D eigenvalue weighted by Gasteiger charge is -2.16.